The molecule has 1 atom stereocenters. The molecule has 0 fully saturated rings. The number of halogens is 1. The summed E-state index contributed by atoms with van der Waals surface area (Å²) >= 11 is 0. The summed E-state index contributed by atoms with van der Waals surface area (Å²) < 4.78 is 12.8. The van der Waals surface area contributed by atoms with Crippen molar-refractivity contribution in [3.63, 3.8) is 0 Å². The standard InChI is InChI=1S/C14H17FN4O/c1-8(11-4-6-12(15)7-5-11)16-14(20)17-13-9(2)18-19-10(13)3/h4-8H,1-3H3,(H,18,19)(H2,16,17,20). The first-order chi connectivity index (χ1) is 9.47. The van der Waals surface area contributed by atoms with Crippen molar-refractivity contribution in [3.8, 4) is 0 Å². The van der Waals surface area contributed by atoms with Crippen LogP contribution in [0.2, 0.25) is 0 Å². The minimum atomic E-state index is -0.325. The zero-order valence-electron chi connectivity index (χ0n) is 11.6. The largest absolute Gasteiger partial charge is 0.331 e. The Hall–Kier alpha value is -2.37. The number of anilines is 1. The Balaban J connectivity index is 1.99. The van der Waals surface area contributed by atoms with Gasteiger partial charge in [-0.1, -0.05) is 12.1 Å². The molecule has 3 N–H and O–H groups in total. The van der Waals surface area contributed by atoms with Crippen molar-refractivity contribution in [2.45, 2.75) is 26.8 Å². The third-order valence-corrected chi connectivity index (χ3v) is 3.08. The number of aromatic nitrogens is 2. The van der Waals surface area contributed by atoms with Crippen LogP contribution < -0.4 is 10.6 Å². The molecule has 1 heterocycles. The number of hydrogen-bond acceptors (Lipinski definition) is 2. The summed E-state index contributed by atoms with van der Waals surface area (Å²) in [6, 6.07) is 5.49. The van der Waals surface area contributed by atoms with Gasteiger partial charge >= 0.3 is 6.03 Å². The molecule has 1 aromatic heterocycles. The van der Waals surface area contributed by atoms with E-state index in [1.54, 1.807) is 12.1 Å². The molecule has 2 rings (SSSR count). The number of amides is 2. The molecule has 0 aliphatic rings. The van der Waals surface area contributed by atoms with Crippen molar-refractivity contribution in [1.82, 2.24) is 15.5 Å². The molecule has 0 aliphatic heterocycles. The Morgan fingerprint density at radius 2 is 1.95 bits per heavy atom. The minimum Gasteiger partial charge on any atom is -0.331 e. The van der Waals surface area contributed by atoms with E-state index in [9.17, 15) is 9.18 Å². The lowest BCUT2D eigenvalue weighted by atomic mass is 10.1. The van der Waals surface area contributed by atoms with Crippen molar-refractivity contribution in [1.29, 1.82) is 0 Å². The second-order valence-electron chi connectivity index (χ2n) is 4.68. The van der Waals surface area contributed by atoms with Gasteiger partial charge in [0.15, 0.2) is 0 Å². The average molecular weight is 276 g/mol. The fraction of sp³-hybridized carbons (Fsp3) is 0.286. The fourth-order valence-corrected chi connectivity index (χ4v) is 1.92. The smallest absolute Gasteiger partial charge is 0.319 e. The molecule has 1 aromatic carbocycles. The van der Waals surface area contributed by atoms with Crippen LogP contribution >= 0.6 is 0 Å². The lowest BCUT2D eigenvalue weighted by Crippen LogP contribution is -2.31. The number of nitrogens with one attached hydrogen (secondary N) is 3. The van der Waals surface area contributed by atoms with E-state index in [0.717, 1.165) is 17.0 Å². The summed E-state index contributed by atoms with van der Waals surface area (Å²) in [7, 11) is 0. The van der Waals surface area contributed by atoms with Gasteiger partial charge in [-0.2, -0.15) is 5.10 Å². The van der Waals surface area contributed by atoms with Crippen LogP contribution in [0.5, 0.6) is 0 Å². The van der Waals surface area contributed by atoms with Crippen LogP contribution in [0.3, 0.4) is 0 Å². The maximum atomic E-state index is 12.8. The van der Waals surface area contributed by atoms with Gasteiger partial charge < -0.3 is 10.6 Å². The topological polar surface area (TPSA) is 69.8 Å². The lowest BCUT2D eigenvalue weighted by molar-refractivity contribution is 0.249. The number of hydrogen-bond donors (Lipinski definition) is 3. The fourth-order valence-electron chi connectivity index (χ4n) is 1.92. The van der Waals surface area contributed by atoms with Crippen LogP contribution in [-0.4, -0.2) is 16.2 Å². The maximum absolute atomic E-state index is 12.8. The first-order valence-corrected chi connectivity index (χ1v) is 6.32. The molecule has 0 spiro atoms. The van der Waals surface area contributed by atoms with Gasteiger partial charge in [0.05, 0.1) is 23.1 Å². The van der Waals surface area contributed by atoms with Gasteiger partial charge in [-0.3, -0.25) is 5.10 Å². The Bertz CT molecular complexity index is 587. The van der Waals surface area contributed by atoms with Crippen LogP contribution in [0.1, 0.15) is 29.9 Å². The highest BCUT2D eigenvalue weighted by atomic mass is 19.1. The van der Waals surface area contributed by atoms with Crippen LogP contribution in [0.15, 0.2) is 24.3 Å². The number of carbonyl (C=O) groups is 1. The van der Waals surface area contributed by atoms with E-state index in [1.807, 2.05) is 20.8 Å². The number of aryl methyl sites for hydroxylation is 2. The summed E-state index contributed by atoms with van der Waals surface area (Å²) in [4.78, 5) is 11.9. The molecule has 2 aromatic rings. The number of H-pyrrole nitrogens is 1. The second kappa shape index (κ2) is 5.73. The third kappa shape index (κ3) is 3.14. The summed E-state index contributed by atoms with van der Waals surface area (Å²) in [5, 5.41) is 12.4. The molecule has 1 unspecified atom stereocenters. The summed E-state index contributed by atoms with van der Waals surface area (Å²) in [6.45, 7) is 5.48. The number of rotatable bonds is 3. The van der Waals surface area contributed by atoms with Gasteiger partial charge in [-0.15, -0.1) is 0 Å². The van der Waals surface area contributed by atoms with Crippen LogP contribution in [0, 0.1) is 19.7 Å². The van der Waals surface area contributed by atoms with Crippen LogP contribution in [0.4, 0.5) is 14.9 Å². The predicted octanol–water partition coefficient (Wildman–Crippen LogP) is 3.05. The van der Waals surface area contributed by atoms with Crippen molar-refractivity contribution >= 4 is 11.7 Å². The highest BCUT2D eigenvalue weighted by molar-refractivity contribution is 5.90. The highest BCUT2D eigenvalue weighted by Crippen LogP contribution is 2.17. The van der Waals surface area contributed by atoms with Crippen molar-refractivity contribution in [3.05, 3.63) is 47.0 Å². The van der Waals surface area contributed by atoms with Gasteiger partial charge in [0.25, 0.3) is 0 Å². The number of carbonyl (C=O) groups excluding carboxylic acids is 1. The number of aromatic amines is 1. The van der Waals surface area contributed by atoms with E-state index in [0.29, 0.717) is 5.69 Å². The zero-order valence-corrected chi connectivity index (χ0v) is 11.6. The number of benzene rings is 1. The molecule has 20 heavy (non-hydrogen) atoms. The minimum absolute atomic E-state index is 0.219. The monoisotopic (exact) mass is 276 g/mol. The van der Waals surface area contributed by atoms with Gasteiger partial charge in [0.1, 0.15) is 5.82 Å². The Labute approximate surface area is 116 Å². The number of nitrogens with zero attached hydrogens (tertiary/aromatic N) is 1. The van der Waals surface area contributed by atoms with Crippen LogP contribution in [-0.2, 0) is 0 Å². The van der Waals surface area contributed by atoms with Gasteiger partial charge in [0, 0.05) is 0 Å². The Morgan fingerprint density at radius 1 is 1.30 bits per heavy atom. The summed E-state index contributed by atoms with van der Waals surface area (Å²) in [5.74, 6) is -0.296. The average Bonchev–Trinajstić information content (AvgIpc) is 2.71. The van der Waals surface area contributed by atoms with E-state index < -0.39 is 0 Å². The quantitative estimate of drug-likeness (QED) is 0.806. The molecule has 0 saturated carbocycles. The molecule has 106 valence electrons. The van der Waals surface area contributed by atoms with E-state index in [4.69, 9.17) is 0 Å². The van der Waals surface area contributed by atoms with Crippen molar-refractivity contribution < 1.29 is 9.18 Å². The van der Waals surface area contributed by atoms with Gasteiger partial charge in [0.2, 0.25) is 0 Å². The van der Waals surface area contributed by atoms with Gasteiger partial charge in [-0.25, -0.2) is 9.18 Å². The first-order valence-electron chi connectivity index (χ1n) is 6.32. The third-order valence-electron chi connectivity index (χ3n) is 3.08. The van der Waals surface area contributed by atoms with E-state index in [1.165, 1.54) is 12.1 Å². The normalized spacial score (nSPS) is 12.0. The van der Waals surface area contributed by atoms with E-state index in [-0.39, 0.29) is 17.9 Å². The molecule has 5 nitrogen and oxygen atoms in total. The van der Waals surface area contributed by atoms with E-state index >= 15 is 0 Å². The number of urea groups is 1. The molecule has 0 aliphatic carbocycles. The molecular weight excluding hydrogens is 259 g/mol. The molecule has 2 amide bonds. The second-order valence-corrected chi connectivity index (χ2v) is 4.68. The Kier molecular flexibility index (Phi) is 4.02. The molecular formula is C14H17FN4O. The first kappa shape index (κ1) is 14.0. The summed E-state index contributed by atoms with van der Waals surface area (Å²) in [5.41, 5.74) is 3.04. The van der Waals surface area contributed by atoms with Crippen molar-refractivity contribution in [2.75, 3.05) is 5.32 Å². The Morgan fingerprint density at radius 3 is 2.50 bits per heavy atom. The predicted molar refractivity (Wildman–Crippen MR) is 75.0 cm³/mol. The lowest BCUT2D eigenvalue weighted by Gasteiger charge is -2.15. The highest BCUT2D eigenvalue weighted by Gasteiger charge is 2.13. The van der Waals surface area contributed by atoms with Gasteiger partial charge in [-0.05, 0) is 38.5 Å². The summed E-state index contributed by atoms with van der Waals surface area (Å²) in [6.07, 6.45) is 0. The molecule has 0 saturated heterocycles. The van der Waals surface area contributed by atoms with Crippen molar-refractivity contribution in [2.24, 2.45) is 0 Å². The molecule has 0 radical (unpaired) electrons. The molecule has 0 bridgehead atoms. The SMILES string of the molecule is Cc1n[nH]c(C)c1NC(=O)NC(C)c1ccc(F)cc1. The van der Waals surface area contributed by atoms with Crippen LogP contribution in [0.25, 0.3) is 0 Å². The maximum Gasteiger partial charge on any atom is 0.319 e. The zero-order chi connectivity index (χ0) is 14.7. The van der Waals surface area contributed by atoms with E-state index in [2.05, 4.69) is 20.8 Å². The molecule has 6 heteroatoms.